The van der Waals surface area contributed by atoms with Crippen molar-refractivity contribution in [3.63, 3.8) is 0 Å². The summed E-state index contributed by atoms with van der Waals surface area (Å²) in [5.41, 5.74) is 2.69. The van der Waals surface area contributed by atoms with E-state index in [2.05, 4.69) is 56.5 Å². The molecule has 1 aromatic rings. The van der Waals surface area contributed by atoms with Gasteiger partial charge in [-0.2, -0.15) is 0 Å². The lowest BCUT2D eigenvalue weighted by Gasteiger charge is -2.16. The van der Waals surface area contributed by atoms with Crippen molar-refractivity contribution in [2.24, 2.45) is 0 Å². The molecule has 0 radical (unpaired) electrons. The molecule has 1 aromatic carbocycles. The van der Waals surface area contributed by atoms with Crippen molar-refractivity contribution in [2.45, 2.75) is 58.8 Å². The second-order valence-electron chi connectivity index (χ2n) is 5.92. The molecule has 0 amide bonds. The smallest absolute Gasteiger partial charge is 0.123 e. The zero-order chi connectivity index (χ0) is 13.8. The lowest BCUT2D eigenvalue weighted by atomic mass is 10.1. The molecule has 0 aromatic heterocycles. The molecule has 106 valence electrons. The summed E-state index contributed by atoms with van der Waals surface area (Å²) in [5, 5.41) is 7.00. The molecule has 3 nitrogen and oxygen atoms in total. The Morgan fingerprint density at radius 2 is 2.05 bits per heavy atom. The molecule has 3 heteroatoms. The molecule has 1 aliphatic rings. The first-order valence-electron chi connectivity index (χ1n) is 7.30. The van der Waals surface area contributed by atoms with E-state index in [0.29, 0.717) is 18.2 Å². The third kappa shape index (κ3) is 4.22. The normalized spacial score (nSPS) is 19.3. The predicted molar refractivity (Wildman–Crippen MR) is 79.7 cm³/mol. The maximum atomic E-state index is 5.72. The summed E-state index contributed by atoms with van der Waals surface area (Å²) < 4.78 is 5.72. The second kappa shape index (κ2) is 6.40. The molecule has 0 spiro atoms. The highest BCUT2D eigenvalue weighted by Crippen LogP contribution is 2.29. The SMILES string of the molecule is CC(C)NCC(C)NCc1ccc2c(c1)CC(C)O2. The van der Waals surface area contributed by atoms with Gasteiger partial charge in [0.05, 0.1) is 0 Å². The molecule has 0 saturated heterocycles. The highest BCUT2D eigenvalue weighted by atomic mass is 16.5. The molecule has 1 heterocycles. The summed E-state index contributed by atoms with van der Waals surface area (Å²) in [6.07, 6.45) is 1.36. The molecule has 0 aliphatic carbocycles. The molecular formula is C16H26N2O. The van der Waals surface area contributed by atoms with E-state index in [-0.39, 0.29) is 0 Å². The van der Waals surface area contributed by atoms with Crippen molar-refractivity contribution < 1.29 is 4.74 Å². The molecular weight excluding hydrogens is 236 g/mol. The Kier molecular flexibility index (Phi) is 4.83. The van der Waals surface area contributed by atoms with E-state index in [1.54, 1.807) is 0 Å². The largest absolute Gasteiger partial charge is 0.490 e. The Hall–Kier alpha value is -1.06. The standard InChI is InChI=1S/C16H26N2O/c1-11(2)17-9-12(3)18-10-14-5-6-16-15(8-14)7-13(4)19-16/h5-6,8,11-13,17-18H,7,9-10H2,1-4H3. The Labute approximate surface area is 116 Å². The van der Waals surface area contributed by atoms with Crippen LogP contribution in [0.15, 0.2) is 18.2 Å². The summed E-state index contributed by atoms with van der Waals surface area (Å²) in [4.78, 5) is 0. The van der Waals surface area contributed by atoms with Crippen molar-refractivity contribution in [1.29, 1.82) is 0 Å². The highest BCUT2D eigenvalue weighted by Gasteiger charge is 2.18. The zero-order valence-electron chi connectivity index (χ0n) is 12.5. The number of rotatable bonds is 6. The average molecular weight is 262 g/mol. The topological polar surface area (TPSA) is 33.3 Å². The van der Waals surface area contributed by atoms with Crippen LogP contribution in [0.5, 0.6) is 5.75 Å². The number of hydrogen-bond donors (Lipinski definition) is 2. The first-order chi connectivity index (χ1) is 9.04. The summed E-state index contributed by atoms with van der Waals surface area (Å²) in [7, 11) is 0. The van der Waals surface area contributed by atoms with Crippen molar-refractivity contribution in [1.82, 2.24) is 10.6 Å². The van der Waals surface area contributed by atoms with Crippen LogP contribution < -0.4 is 15.4 Å². The number of benzene rings is 1. The van der Waals surface area contributed by atoms with E-state index in [0.717, 1.165) is 25.3 Å². The molecule has 2 N–H and O–H groups in total. The van der Waals surface area contributed by atoms with Crippen LogP contribution in [-0.4, -0.2) is 24.7 Å². The third-order valence-corrected chi connectivity index (χ3v) is 3.45. The Balaban J connectivity index is 1.82. The molecule has 1 aliphatic heterocycles. The van der Waals surface area contributed by atoms with Gasteiger partial charge >= 0.3 is 0 Å². The van der Waals surface area contributed by atoms with Gasteiger partial charge in [0.15, 0.2) is 0 Å². The quantitative estimate of drug-likeness (QED) is 0.826. The van der Waals surface area contributed by atoms with Gasteiger partial charge in [0.1, 0.15) is 11.9 Å². The van der Waals surface area contributed by atoms with Gasteiger partial charge in [0, 0.05) is 31.6 Å². The van der Waals surface area contributed by atoms with Crippen LogP contribution >= 0.6 is 0 Å². The zero-order valence-corrected chi connectivity index (χ0v) is 12.5. The second-order valence-corrected chi connectivity index (χ2v) is 5.92. The van der Waals surface area contributed by atoms with Gasteiger partial charge in [-0.1, -0.05) is 26.0 Å². The van der Waals surface area contributed by atoms with E-state index in [9.17, 15) is 0 Å². The summed E-state index contributed by atoms with van der Waals surface area (Å²) >= 11 is 0. The fraction of sp³-hybridized carbons (Fsp3) is 0.625. The van der Waals surface area contributed by atoms with E-state index in [1.165, 1.54) is 11.1 Å². The van der Waals surface area contributed by atoms with Crippen molar-refractivity contribution in [3.8, 4) is 5.75 Å². The summed E-state index contributed by atoms with van der Waals surface area (Å²) in [6, 6.07) is 7.56. The van der Waals surface area contributed by atoms with Crippen LogP contribution in [0.3, 0.4) is 0 Å². The van der Waals surface area contributed by atoms with Crippen LogP contribution in [0.2, 0.25) is 0 Å². The Morgan fingerprint density at radius 3 is 2.79 bits per heavy atom. The van der Waals surface area contributed by atoms with E-state index < -0.39 is 0 Å². The minimum Gasteiger partial charge on any atom is -0.490 e. The Bertz CT molecular complexity index is 417. The van der Waals surface area contributed by atoms with Gasteiger partial charge in [0.2, 0.25) is 0 Å². The molecule has 0 saturated carbocycles. The molecule has 0 fully saturated rings. The highest BCUT2D eigenvalue weighted by molar-refractivity contribution is 5.40. The van der Waals surface area contributed by atoms with Gasteiger partial charge in [-0.3, -0.25) is 0 Å². The third-order valence-electron chi connectivity index (χ3n) is 3.45. The molecule has 2 atom stereocenters. The van der Waals surface area contributed by atoms with Crippen molar-refractivity contribution >= 4 is 0 Å². The maximum absolute atomic E-state index is 5.72. The number of fused-ring (bicyclic) bond motifs is 1. The van der Waals surface area contributed by atoms with Gasteiger partial charge in [-0.15, -0.1) is 0 Å². The van der Waals surface area contributed by atoms with E-state index in [4.69, 9.17) is 4.74 Å². The minimum absolute atomic E-state index is 0.326. The molecule has 2 unspecified atom stereocenters. The van der Waals surface area contributed by atoms with Gasteiger partial charge in [-0.05, 0) is 31.0 Å². The van der Waals surface area contributed by atoms with Crippen LogP contribution in [0.1, 0.15) is 38.8 Å². The van der Waals surface area contributed by atoms with Crippen LogP contribution in [0.4, 0.5) is 0 Å². The van der Waals surface area contributed by atoms with Crippen molar-refractivity contribution in [3.05, 3.63) is 29.3 Å². The van der Waals surface area contributed by atoms with Crippen LogP contribution in [0, 0.1) is 0 Å². The fourth-order valence-electron chi connectivity index (χ4n) is 2.36. The first-order valence-corrected chi connectivity index (χ1v) is 7.30. The first kappa shape index (κ1) is 14.4. The number of hydrogen-bond acceptors (Lipinski definition) is 3. The Morgan fingerprint density at radius 1 is 1.26 bits per heavy atom. The average Bonchev–Trinajstić information content (AvgIpc) is 2.73. The molecule has 2 rings (SSSR count). The van der Waals surface area contributed by atoms with Gasteiger partial charge in [-0.25, -0.2) is 0 Å². The van der Waals surface area contributed by atoms with E-state index in [1.807, 2.05) is 0 Å². The van der Waals surface area contributed by atoms with Crippen LogP contribution in [0.25, 0.3) is 0 Å². The number of nitrogens with one attached hydrogen (secondary N) is 2. The lowest BCUT2D eigenvalue weighted by Crippen LogP contribution is -2.38. The van der Waals surface area contributed by atoms with Gasteiger partial charge in [0.25, 0.3) is 0 Å². The maximum Gasteiger partial charge on any atom is 0.123 e. The monoisotopic (exact) mass is 262 g/mol. The summed E-state index contributed by atoms with van der Waals surface area (Å²) in [6.45, 7) is 10.6. The molecule has 19 heavy (non-hydrogen) atoms. The van der Waals surface area contributed by atoms with E-state index >= 15 is 0 Å². The lowest BCUT2D eigenvalue weighted by molar-refractivity contribution is 0.254. The molecule has 0 bridgehead atoms. The predicted octanol–water partition coefficient (Wildman–Crippen LogP) is 2.49. The van der Waals surface area contributed by atoms with Crippen molar-refractivity contribution in [2.75, 3.05) is 6.54 Å². The minimum atomic E-state index is 0.326. The fourth-order valence-corrected chi connectivity index (χ4v) is 2.36. The summed E-state index contributed by atoms with van der Waals surface area (Å²) in [5.74, 6) is 1.06. The number of ether oxygens (including phenoxy) is 1. The van der Waals surface area contributed by atoms with Crippen LogP contribution in [-0.2, 0) is 13.0 Å². The van der Waals surface area contributed by atoms with Gasteiger partial charge < -0.3 is 15.4 Å².